The third-order valence-electron chi connectivity index (χ3n) is 16.0. The van der Waals surface area contributed by atoms with E-state index in [0.29, 0.717) is 55.4 Å². The van der Waals surface area contributed by atoms with Gasteiger partial charge in [0.1, 0.15) is 54.4 Å². The van der Waals surface area contributed by atoms with Crippen molar-refractivity contribution in [3.8, 4) is 0 Å². The lowest BCUT2D eigenvalue weighted by molar-refractivity contribution is -0.144. The minimum Gasteiger partial charge on any atom is -0.370 e. The molecule has 31 nitrogen and oxygen atoms in total. The second-order valence-corrected chi connectivity index (χ2v) is 25.1. The maximum absolute atomic E-state index is 14.7. The zero-order valence-corrected chi connectivity index (χ0v) is 55.3. The number of nitrogens with two attached hydrogens (primary N) is 7. The van der Waals surface area contributed by atoms with Crippen molar-refractivity contribution in [2.45, 2.75) is 183 Å². The molecule has 2 aromatic carbocycles. The summed E-state index contributed by atoms with van der Waals surface area (Å²) >= 11 is 1.45. The molecule has 2 fully saturated rings. The highest BCUT2D eigenvalue weighted by Gasteiger charge is 2.42. The number of carbonyl (C=O) groups excluding carboxylic acids is 13. The fourth-order valence-corrected chi connectivity index (χ4v) is 11.5. The van der Waals surface area contributed by atoms with Crippen molar-refractivity contribution < 1.29 is 62.3 Å². The number of likely N-dealkylation sites (tertiary alicyclic amines) is 2. The molecule has 0 radical (unpaired) electrons. The maximum atomic E-state index is 14.7. The molecule has 0 unspecified atom stereocenters. The Kier molecular flexibility index (Phi) is 33.9. The Morgan fingerprint density at radius 2 is 1.01 bits per heavy atom. The molecule has 2 saturated heterocycles. The van der Waals surface area contributed by atoms with E-state index in [1.807, 2.05) is 20.1 Å². The number of aliphatic imine (C=N–C) groups is 1. The fraction of sp³-hybridized carbons (Fsp3) is 0.587. The number of carbonyl (C=O) groups is 13. The van der Waals surface area contributed by atoms with Gasteiger partial charge in [0.25, 0.3) is 0 Å². The van der Waals surface area contributed by atoms with Gasteiger partial charge in [-0.25, -0.2) is 0 Å². The largest absolute Gasteiger partial charge is 0.370 e. The minimum atomic E-state index is -1.64. The van der Waals surface area contributed by atoms with Gasteiger partial charge in [-0.3, -0.25) is 67.3 Å². The lowest BCUT2D eigenvalue weighted by Crippen LogP contribution is -2.60. The van der Waals surface area contributed by atoms with Crippen molar-refractivity contribution in [1.82, 2.24) is 52.3 Å². The van der Waals surface area contributed by atoms with Crippen molar-refractivity contribution in [2.75, 3.05) is 44.7 Å². The van der Waals surface area contributed by atoms with Crippen molar-refractivity contribution >= 4 is 94.5 Å². The first-order chi connectivity index (χ1) is 45.2. The van der Waals surface area contributed by atoms with Gasteiger partial charge < -0.3 is 92.5 Å². The van der Waals surface area contributed by atoms with E-state index < -0.39 is 169 Å². The van der Waals surface area contributed by atoms with Crippen LogP contribution in [0.2, 0.25) is 0 Å². The average Bonchev–Trinajstić information content (AvgIpc) is 1.74. The number of unbranched alkanes of at least 4 members (excludes halogenated alkanes) is 1. The van der Waals surface area contributed by atoms with E-state index in [1.165, 1.54) is 21.6 Å². The molecule has 524 valence electrons. The molecule has 22 N–H and O–H groups in total. The lowest BCUT2D eigenvalue weighted by Gasteiger charge is -2.32. The number of primary amides is 3. The topological polar surface area (TPSA) is 519 Å². The van der Waals surface area contributed by atoms with Crippen molar-refractivity contribution in [1.29, 1.82) is 0 Å². The Morgan fingerprint density at radius 3 is 1.51 bits per heavy atom. The van der Waals surface area contributed by atoms with Crippen LogP contribution in [0, 0.1) is 5.92 Å². The molecular formula is C63H98N18O13S. The molecule has 0 saturated carbocycles. The van der Waals surface area contributed by atoms with Gasteiger partial charge in [-0.15, -0.1) is 0 Å². The van der Waals surface area contributed by atoms with Crippen molar-refractivity contribution in [3.05, 3.63) is 71.8 Å². The summed E-state index contributed by atoms with van der Waals surface area (Å²) in [7, 11) is 0. The van der Waals surface area contributed by atoms with Gasteiger partial charge in [-0.05, 0) is 119 Å². The number of benzene rings is 2. The SMILES string of the molecule is CSCC[C@H](NC(=O)[C@@H](CC(C)C)NC(=O)CNC(=O)[C@@H](Cc1ccccc1)NC(=O)[C@H](Cc1ccccc1)NC(=O)[C@@H](CCC(N)=O)NC(=O)[C@@H](CCC(N)=O)NC(=O)[C@@H]1CCCN1C(=O)[C@H](CCCCN)NC(=O)[C@H]1CCCN1C(=O)[C@@H](N)CCCN=C(N)N)C(N)=O. The summed E-state index contributed by atoms with van der Waals surface area (Å²) in [6.45, 7) is 3.86. The molecule has 10 atom stereocenters. The number of amides is 13. The molecule has 95 heavy (non-hydrogen) atoms. The van der Waals surface area contributed by atoms with E-state index in [2.05, 4.69) is 47.5 Å². The standard InChI is InChI=1S/C63H98N18O13S/c1-37(2)33-45(57(89)74-41(53(68)85)27-32-95-3)73-52(84)36-72-54(86)46(34-38-15-6-4-7-16-38)78-58(90)47(35-39-17-8-5-9-18-39)79-56(88)42(23-25-50(66)82)75-55(87)43(24-26-51(67)83)76-59(91)49-22-14-31-81(49)62(94)44(20-10-11-28-64)77-60(92)48-21-13-30-80(48)61(93)40(65)19-12-29-71-63(69)70/h4-9,15-18,37,40-49H,10-14,19-36,64-65H2,1-3H3,(H2,66,82)(H2,67,83)(H2,68,85)(H,72,86)(H,73,84)(H,74,89)(H,75,87)(H,76,91)(H,77,92)(H,78,90)(H,79,88)(H4,69,70,71)/t40-,41-,42+,43+,44-,45+,46+,47-,48+,49-/m0/s1. The molecule has 2 aliphatic heterocycles. The lowest BCUT2D eigenvalue weighted by atomic mass is 10.0. The predicted octanol–water partition coefficient (Wildman–Crippen LogP) is -3.71. The number of nitrogens with one attached hydrogen (secondary N) is 8. The summed E-state index contributed by atoms with van der Waals surface area (Å²) in [5, 5.41) is 21.1. The average molecular weight is 1350 g/mol. The Balaban J connectivity index is 1.56. The first kappa shape index (κ1) is 78.5. The van der Waals surface area contributed by atoms with Crippen molar-refractivity contribution in [2.24, 2.45) is 51.0 Å². The third-order valence-corrected chi connectivity index (χ3v) is 16.7. The quantitative estimate of drug-likeness (QED) is 0.0173. The first-order valence-corrected chi connectivity index (χ1v) is 33.6. The molecular weight excluding hydrogens is 1250 g/mol. The highest BCUT2D eigenvalue weighted by Crippen LogP contribution is 2.24. The molecule has 32 heteroatoms. The van der Waals surface area contributed by atoms with Crippen LogP contribution < -0.4 is 82.7 Å². The predicted molar refractivity (Wildman–Crippen MR) is 356 cm³/mol. The van der Waals surface area contributed by atoms with Gasteiger partial charge in [0, 0.05) is 45.3 Å². The highest BCUT2D eigenvalue weighted by atomic mass is 32.2. The number of hydrogen-bond donors (Lipinski definition) is 15. The van der Waals surface area contributed by atoms with E-state index >= 15 is 0 Å². The molecule has 2 heterocycles. The molecule has 0 aromatic heterocycles. The monoisotopic (exact) mass is 1350 g/mol. The molecule has 13 amide bonds. The zero-order valence-electron chi connectivity index (χ0n) is 54.5. The van der Waals surface area contributed by atoms with Crippen molar-refractivity contribution in [3.63, 3.8) is 0 Å². The summed E-state index contributed by atoms with van der Waals surface area (Å²) in [4.78, 5) is 185. The smallest absolute Gasteiger partial charge is 0.245 e. The van der Waals surface area contributed by atoms with Gasteiger partial charge in [0.2, 0.25) is 76.8 Å². The van der Waals surface area contributed by atoms with E-state index in [1.54, 1.807) is 60.7 Å². The first-order valence-electron chi connectivity index (χ1n) is 32.2. The minimum absolute atomic E-state index is 0.0736. The fourth-order valence-electron chi connectivity index (χ4n) is 11.0. The van der Waals surface area contributed by atoms with E-state index in [9.17, 15) is 62.3 Å². The normalized spacial score (nSPS) is 16.8. The van der Waals surface area contributed by atoms with Crippen LogP contribution in [-0.4, -0.2) is 198 Å². The zero-order chi connectivity index (χ0) is 70.1. The summed E-state index contributed by atoms with van der Waals surface area (Å²) < 4.78 is 0. The summed E-state index contributed by atoms with van der Waals surface area (Å²) in [5.41, 5.74) is 40.6. The summed E-state index contributed by atoms with van der Waals surface area (Å²) in [6.07, 6.45) is 3.12. The van der Waals surface area contributed by atoms with Gasteiger partial charge >= 0.3 is 0 Å². The Bertz CT molecular complexity index is 2960. The molecule has 4 rings (SSSR count). The van der Waals surface area contributed by atoms with Crippen LogP contribution in [0.25, 0.3) is 0 Å². The number of rotatable bonds is 42. The van der Waals surface area contributed by atoms with E-state index in [4.69, 9.17) is 40.1 Å². The van der Waals surface area contributed by atoms with Crippen LogP contribution in [0.4, 0.5) is 0 Å². The van der Waals surface area contributed by atoms with Crippen LogP contribution >= 0.6 is 11.8 Å². The van der Waals surface area contributed by atoms with Gasteiger partial charge in [-0.1, -0.05) is 74.5 Å². The maximum Gasteiger partial charge on any atom is 0.245 e. The number of hydrogen-bond acceptors (Lipinski definition) is 17. The Hall–Kier alpha value is -8.91. The Labute approximate surface area is 558 Å². The van der Waals surface area contributed by atoms with E-state index in [0.717, 1.165) is 0 Å². The summed E-state index contributed by atoms with van der Waals surface area (Å²) in [5.74, 6) is -9.80. The molecule has 0 aliphatic carbocycles. The highest BCUT2D eigenvalue weighted by molar-refractivity contribution is 7.98. The van der Waals surface area contributed by atoms with Crippen LogP contribution in [-0.2, 0) is 75.2 Å². The van der Waals surface area contributed by atoms with Gasteiger partial charge in [0.05, 0.1) is 12.6 Å². The molecule has 2 aromatic rings. The summed E-state index contributed by atoms with van der Waals surface area (Å²) in [6, 6.07) is 4.51. The molecule has 0 bridgehead atoms. The number of thioether (sulfide) groups is 1. The van der Waals surface area contributed by atoms with Crippen LogP contribution in [0.15, 0.2) is 65.7 Å². The van der Waals surface area contributed by atoms with Gasteiger partial charge in [-0.2, -0.15) is 11.8 Å². The second-order valence-electron chi connectivity index (χ2n) is 24.1. The van der Waals surface area contributed by atoms with E-state index in [-0.39, 0.29) is 83.0 Å². The van der Waals surface area contributed by atoms with Gasteiger partial charge in [0.15, 0.2) is 5.96 Å². The van der Waals surface area contributed by atoms with Crippen LogP contribution in [0.5, 0.6) is 0 Å². The van der Waals surface area contributed by atoms with Crippen LogP contribution in [0.3, 0.4) is 0 Å². The number of guanidine groups is 1. The molecule has 2 aliphatic rings. The van der Waals surface area contributed by atoms with Crippen LogP contribution in [0.1, 0.15) is 121 Å². The second kappa shape index (κ2) is 41.0. The molecule has 0 spiro atoms. The third kappa shape index (κ3) is 27.5. The number of nitrogens with zero attached hydrogens (tertiary/aromatic N) is 3. The Morgan fingerprint density at radius 1 is 0.537 bits per heavy atom.